The van der Waals surface area contributed by atoms with Crippen LogP contribution < -0.4 is 15.9 Å². The van der Waals surface area contributed by atoms with Crippen LogP contribution in [0.25, 0.3) is 0 Å². The highest BCUT2D eigenvalue weighted by atomic mass is 31.2. The predicted octanol–water partition coefficient (Wildman–Crippen LogP) is 3.80. The summed E-state index contributed by atoms with van der Waals surface area (Å²) in [6, 6.07) is 19.4. The summed E-state index contributed by atoms with van der Waals surface area (Å²) >= 11 is 0. The molecule has 4 heteroatoms. The minimum Gasteiger partial charge on any atom is -0.428 e. The number of aromatic nitrogens is 1. The van der Waals surface area contributed by atoms with Crippen LogP contribution in [0.1, 0.15) is 30.3 Å². The summed E-state index contributed by atoms with van der Waals surface area (Å²) in [5.41, 5.74) is 2.72. The molecule has 0 amide bonds. The molecule has 0 aliphatic heterocycles. The average molecular weight is 365 g/mol. The fourth-order valence-electron chi connectivity index (χ4n) is 4.19. The number of rotatable bonds is 3. The summed E-state index contributed by atoms with van der Waals surface area (Å²) < 4.78 is 16.0. The third-order valence-electron chi connectivity index (χ3n) is 5.53. The first-order chi connectivity index (χ1) is 12.5. The molecule has 26 heavy (non-hydrogen) atoms. The number of hydrogen-bond acceptors (Lipinski definition) is 2. The topological polar surface area (TPSA) is 42.2 Å². The van der Waals surface area contributed by atoms with Crippen molar-refractivity contribution in [1.29, 1.82) is 0 Å². The van der Waals surface area contributed by atoms with E-state index in [1.54, 1.807) is 0 Å². The van der Waals surface area contributed by atoms with E-state index in [1.165, 1.54) is 4.73 Å². The molecule has 0 radical (unpaired) electrons. The monoisotopic (exact) mass is 365 g/mol. The van der Waals surface area contributed by atoms with Crippen molar-refractivity contribution in [3.05, 3.63) is 77.6 Å². The number of fused-ring (bicyclic) bond motifs is 1. The lowest BCUT2D eigenvalue weighted by atomic mass is 9.89. The van der Waals surface area contributed by atoms with Crippen LogP contribution in [-0.4, -0.2) is 9.94 Å². The molecule has 3 aromatic rings. The Labute approximate surface area is 154 Å². The van der Waals surface area contributed by atoms with E-state index >= 15 is 0 Å². The normalized spacial score (nSPS) is 17.1. The van der Waals surface area contributed by atoms with E-state index in [0.29, 0.717) is 11.6 Å². The van der Waals surface area contributed by atoms with E-state index in [-0.39, 0.29) is 0 Å². The first-order valence-electron chi connectivity index (χ1n) is 9.17. The van der Waals surface area contributed by atoms with Crippen molar-refractivity contribution in [1.82, 2.24) is 4.73 Å². The molecule has 1 aliphatic rings. The Balaban J connectivity index is 2.05. The van der Waals surface area contributed by atoms with Gasteiger partial charge in [-0.3, -0.25) is 0 Å². The lowest BCUT2D eigenvalue weighted by Crippen LogP contribution is -2.29. The van der Waals surface area contributed by atoms with Crippen LogP contribution >= 0.6 is 7.14 Å². The Hall–Kier alpha value is -2.25. The molecule has 134 valence electrons. The van der Waals surface area contributed by atoms with Gasteiger partial charge in [0.15, 0.2) is 7.14 Å². The molecule has 0 spiro atoms. The molecule has 2 aromatic carbocycles. The summed E-state index contributed by atoms with van der Waals surface area (Å²) in [6.07, 6.45) is 2.75. The third kappa shape index (κ3) is 2.54. The van der Waals surface area contributed by atoms with E-state index in [0.717, 1.165) is 46.4 Å². The maximum Gasteiger partial charge on any atom is 0.173 e. The standard InChI is InChI=1S/C22H24NO2P/c1-16-13-14-21-20(15-16)22(17(2)23(21)24)26(25,18-9-5-3-6-10-18)19-11-7-4-8-12-19/h3-12,16,24H,13-15H2,1-2H3. The maximum absolute atomic E-state index is 14.7. The lowest BCUT2D eigenvalue weighted by molar-refractivity contribution is 0.169. The average Bonchev–Trinajstić information content (AvgIpc) is 2.93. The highest BCUT2D eigenvalue weighted by Crippen LogP contribution is 2.46. The Kier molecular flexibility index (Phi) is 4.28. The molecule has 0 fully saturated rings. The van der Waals surface area contributed by atoms with E-state index in [4.69, 9.17) is 0 Å². The molecule has 4 rings (SSSR count). The fraction of sp³-hybridized carbons (Fsp3) is 0.273. The van der Waals surface area contributed by atoms with Crippen LogP contribution in [0.2, 0.25) is 0 Å². The second kappa shape index (κ2) is 6.48. The van der Waals surface area contributed by atoms with Gasteiger partial charge in [-0.15, -0.1) is 0 Å². The molecule has 1 aliphatic carbocycles. The summed E-state index contributed by atoms with van der Waals surface area (Å²) in [4.78, 5) is 0. The molecule has 1 unspecified atom stereocenters. The third-order valence-corrected chi connectivity index (χ3v) is 8.81. The molecule has 0 saturated heterocycles. The highest BCUT2D eigenvalue weighted by molar-refractivity contribution is 7.85. The zero-order chi connectivity index (χ0) is 18.3. The molecule has 0 saturated carbocycles. The van der Waals surface area contributed by atoms with E-state index in [2.05, 4.69) is 6.92 Å². The van der Waals surface area contributed by atoms with Gasteiger partial charge in [-0.2, -0.15) is 4.73 Å². The summed E-state index contributed by atoms with van der Waals surface area (Å²) in [5, 5.41) is 13.2. The van der Waals surface area contributed by atoms with Crippen molar-refractivity contribution in [3.8, 4) is 0 Å². The van der Waals surface area contributed by atoms with Gasteiger partial charge in [0, 0.05) is 15.9 Å². The van der Waals surface area contributed by atoms with Crippen LogP contribution in [0.5, 0.6) is 0 Å². The molecule has 3 nitrogen and oxygen atoms in total. The van der Waals surface area contributed by atoms with Gasteiger partial charge in [0.1, 0.15) is 0 Å². The van der Waals surface area contributed by atoms with Gasteiger partial charge < -0.3 is 9.77 Å². The summed E-state index contributed by atoms with van der Waals surface area (Å²) in [6.45, 7) is 4.11. The van der Waals surface area contributed by atoms with Gasteiger partial charge in [-0.25, -0.2) is 0 Å². The smallest absolute Gasteiger partial charge is 0.173 e. The minimum atomic E-state index is -3.06. The van der Waals surface area contributed by atoms with E-state index in [1.807, 2.05) is 67.6 Å². The number of benzene rings is 2. The van der Waals surface area contributed by atoms with Crippen LogP contribution in [0.3, 0.4) is 0 Å². The first-order valence-corrected chi connectivity index (χ1v) is 10.9. The number of nitrogens with zero attached hydrogens (tertiary/aromatic N) is 1. The Bertz CT molecular complexity index is 933. The van der Waals surface area contributed by atoms with Crippen LogP contribution in [0, 0.1) is 12.8 Å². The molecule has 0 bridgehead atoms. The van der Waals surface area contributed by atoms with Crippen molar-refractivity contribution in [2.24, 2.45) is 5.92 Å². The van der Waals surface area contributed by atoms with Gasteiger partial charge >= 0.3 is 0 Å². The van der Waals surface area contributed by atoms with Crippen molar-refractivity contribution < 1.29 is 9.77 Å². The van der Waals surface area contributed by atoms with Crippen LogP contribution in [0.4, 0.5) is 0 Å². The second-order valence-corrected chi connectivity index (χ2v) is 10.00. The van der Waals surface area contributed by atoms with Crippen LogP contribution in [-0.2, 0) is 17.4 Å². The van der Waals surface area contributed by atoms with E-state index in [9.17, 15) is 9.77 Å². The molecule has 1 atom stereocenters. The molecule has 1 aromatic heterocycles. The van der Waals surface area contributed by atoms with Crippen molar-refractivity contribution in [2.75, 3.05) is 0 Å². The lowest BCUT2D eigenvalue weighted by Gasteiger charge is -2.24. The number of hydrogen-bond donors (Lipinski definition) is 1. The second-order valence-electron chi connectivity index (χ2n) is 7.30. The Morgan fingerprint density at radius 3 is 2.08 bits per heavy atom. The predicted molar refractivity (Wildman–Crippen MR) is 107 cm³/mol. The molecular weight excluding hydrogens is 341 g/mol. The minimum absolute atomic E-state index is 0.531. The Morgan fingerprint density at radius 1 is 1.00 bits per heavy atom. The maximum atomic E-state index is 14.7. The highest BCUT2D eigenvalue weighted by Gasteiger charge is 2.38. The summed E-state index contributed by atoms with van der Waals surface area (Å²) in [5.74, 6) is 0.531. The molecular formula is C22H24NO2P. The van der Waals surface area contributed by atoms with Gasteiger partial charge in [0.05, 0.1) is 11.4 Å². The van der Waals surface area contributed by atoms with Gasteiger partial charge in [0.25, 0.3) is 0 Å². The SMILES string of the molecule is Cc1c(P(=O)(c2ccccc2)c2ccccc2)c2c(n1O)CCC(C)C2. The molecule has 1 N–H and O–H groups in total. The van der Waals surface area contributed by atoms with Crippen molar-refractivity contribution in [3.63, 3.8) is 0 Å². The van der Waals surface area contributed by atoms with Gasteiger partial charge in [0.2, 0.25) is 0 Å². The largest absolute Gasteiger partial charge is 0.428 e. The van der Waals surface area contributed by atoms with Gasteiger partial charge in [-0.05, 0) is 37.7 Å². The zero-order valence-corrected chi connectivity index (χ0v) is 16.1. The zero-order valence-electron chi connectivity index (χ0n) is 15.2. The first kappa shape index (κ1) is 17.2. The van der Waals surface area contributed by atoms with Crippen molar-refractivity contribution in [2.45, 2.75) is 33.1 Å². The van der Waals surface area contributed by atoms with Crippen LogP contribution in [0.15, 0.2) is 60.7 Å². The van der Waals surface area contributed by atoms with E-state index < -0.39 is 7.14 Å². The Morgan fingerprint density at radius 2 is 1.54 bits per heavy atom. The fourth-order valence-corrected chi connectivity index (χ4v) is 7.34. The quantitative estimate of drug-likeness (QED) is 0.567. The molecule has 1 heterocycles. The van der Waals surface area contributed by atoms with Crippen molar-refractivity contribution >= 4 is 23.1 Å². The van der Waals surface area contributed by atoms with Gasteiger partial charge in [-0.1, -0.05) is 67.6 Å². The summed E-state index contributed by atoms with van der Waals surface area (Å²) in [7, 11) is -3.06.